The van der Waals surface area contributed by atoms with Gasteiger partial charge in [-0.3, -0.25) is 0 Å². The van der Waals surface area contributed by atoms with Crippen molar-refractivity contribution >= 4 is 0 Å². The summed E-state index contributed by atoms with van der Waals surface area (Å²) in [4.78, 5) is 0. The highest BCUT2D eigenvalue weighted by atomic mass is 19.2. The van der Waals surface area contributed by atoms with E-state index >= 15 is 0 Å². The largest absolute Gasteiger partial charge is 0.486 e. The summed E-state index contributed by atoms with van der Waals surface area (Å²) < 4.78 is 30.7. The molecular weight excluding hydrogens is 188 g/mol. The highest BCUT2D eigenvalue weighted by Crippen LogP contribution is 2.20. The zero-order valence-corrected chi connectivity index (χ0v) is 7.63. The molecule has 0 aliphatic carbocycles. The van der Waals surface area contributed by atoms with Gasteiger partial charge in [0.2, 0.25) is 5.82 Å². The molecule has 0 amide bonds. The molecule has 74 valence electrons. The molecule has 0 N–H and O–H groups in total. The third kappa shape index (κ3) is 2.43. The van der Waals surface area contributed by atoms with Crippen LogP contribution in [0, 0.1) is 23.0 Å². The molecule has 2 nitrogen and oxygen atoms in total. The summed E-state index contributed by atoms with van der Waals surface area (Å²) in [5.41, 5.74) is 0. The van der Waals surface area contributed by atoms with Gasteiger partial charge >= 0.3 is 0 Å². The Morgan fingerprint density at radius 3 is 2.86 bits per heavy atom. The Hall–Kier alpha value is -1.63. The first kappa shape index (κ1) is 10.5. The summed E-state index contributed by atoms with van der Waals surface area (Å²) >= 11 is 0. The molecule has 0 aliphatic rings. The van der Waals surface area contributed by atoms with E-state index in [1.807, 2.05) is 6.07 Å². The van der Waals surface area contributed by atoms with Crippen molar-refractivity contribution in [1.29, 1.82) is 5.26 Å². The first-order valence-corrected chi connectivity index (χ1v) is 4.12. The number of nitriles is 1. The van der Waals surface area contributed by atoms with Crippen LogP contribution < -0.4 is 4.74 Å². The summed E-state index contributed by atoms with van der Waals surface area (Å²) in [6, 6.07) is 5.57. The fourth-order valence-corrected chi connectivity index (χ4v) is 0.962. The van der Waals surface area contributed by atoms with Gasteiger partial charge in [-0.2, -0.15) is 9.65 Å². The number of hydrogen-bond donors (Lipinski definition) is 0. The number of ether oxygens (including phenoxy) is 1. The predicted octanol–water partition coefficient (Wildman–Crippen LogP) is 2.65. The summed E-state index contributed by atoms with van der Waals surface area (Å²) in [5.74, 6) is -2.13. The third-order valence-electron chi connectivity index (χ3n) is 1.62. The summed E-state index contributed by atoms with van der Waals surface area (Å²) in [7, 11) is 0. The normalized spacial score (nSPS) is 11.9. The van der Waals surface area contributed by atoms with Crippen LogP contribution in [-0.2, 0) is 0 Å². The van der Waals surface area contributed by atoms with E-state index in [1.165, 1.54) is 12.1 Å². The van der Waals surface area contributed by atoms with E-state index in [4.69, 9.17) is 10.00 Å². The van der Waals surface area contributed by atoms with Gasteiger partial charge in [0, 0.05) is 0 Å². The SMILES string of the molecule is CC(CC#N)Oc1cccc(F)c1F. The van der Waals surface area contributed by atoms with Crippen molar-refractivity contribution in [2.45, 2.75) is 19.4 Å². The molecule has 1 aromatic carbocycles. The van der Waals surface area contributed by atoms with Crippen molar-refractivity contribution in [3.05, 3.63) is 29.8 Å². The van der Waals surface area contributed by atoms with Crippen molar-refractivity contribution in [3.63, 3.8) is 0 Å². The molecule has 1 atom stereocenters. The van der Waals surface area contributed by atoms with Crippen LogP contribution in [0.5, 0.6) is 5.75 Å². The van der Waals surface area contributed by atoms with Gasteiger partial charge < -0.3 is 4.74 Å². The average Bonchev–Trinajstić information content (AvgIpc) is 2.13. The Balaban J connectivity index is 2.77. The van der Waals surface area contributed by atoms with Crippen molar-refractivity contribution in [1.82, 2.24) is 0 Å². The van der Waals surface area contributed by atoms with Gasteiger partial charge in [-0.25, -0.2) is 4.39 Å². The van der Waals surface area contributed by atoms with Gasteiger partial charge in [-0.05, 0) is 19.1 Å². The minimum Gasteiger partial charge on any atom is -0.486 e. The van der Waals surface area contributed by atoms with Crippen LogP contribution in [0.3, 0.4) is 0 Å². The molecule has 0 aliphatic heterocycles. The first-order chi connectivity index (χ1) is 6.65. The van der Waals surface area contributed by atoms with E-state index in [-0.39, 0.29) is 12.2 Å². The Kier molecular flexibility index (Phi) is 3.41. The van der Waals surface area contributed by atoms with Crippen molar-refractivity contribution in [3.8, 4) is 11.8 Å². The first-order valence-electron chi connectivity index (χ1n) is 4.12. The second-order valence-corrected chi connectivity index (χ2v) is 2.84. The van der Waals surface area contributed by atoms with Crippen LogP contribution in [0.2, 0.25) is 0 Å². The maximum atomic E-state index is 13.0. The van der Waals surface area contributed by atoms with Crippen molar-refractivity contribution in [2.75, 3.05) is 0 Å². The Morgan fingerprint density at radius 1 is 1.50 bits per heavy atom. The molecule has 1 unspecified atom stereocenters. The average molecular weight is 197 g/mol. The molecule has 14 heavy (non-hydrogen) atoms. The van der Waals surface area contributed by atoms with Crippen molar-refractivity contribution < 1.29 is 13.5 Å². The van der Waals surface area contributed by atoms with Gasteiger partial charge in [-0.1, -0.05) is 6.07 Å². The fraction of sp³-hybridized carbons (Fsp3) is 0.300. The number of benzene rings is 1. The van der Waals surface area contributed by atoms with E-state index in [0.717, 1.165) is 6.07 Å². The molecule has 0 aromatic heterocycles. The second kappa shape index (κ2) is 4.56. The molecule has 0 spiro atoms. The molecule has 4 heteroatoms. The number of halogens is 2. The molecular formula is C10H9F2NO. The minimum atomic E-state index is -1.02. The van der Waals surface area contributed by atoms with Gasteiger partial charge in [0.1, 0.15) is 6.10 Å². The lowest BCUT2D eigenvalue weighted by atomic mass is 10.3. The molecule has 0 heterocycles. The summed E-state index contributed by atoms with van der Waals surface area (Å²) in [6.07, 6.45) is -0.313. The topological polar surface area (TPSA) is 33.0 Å². The Labute approximate surface area is 80.7 Å². The number of nitrogens with zero attached hydrogens (tertiary/aromatic N) is 1. The van der Waals surface area contributed by atoms with Crippen LogP contribution >= 0.6 is 0 Å². The monoisotopic (exact) mass is 197 g/mol. The molecule has 0 saturated carbocycles. The van der Waals surface area contributed by atoms with Crippen LogP contribution in [-0.4, -0.2) is 6.10 Å². The Morgan fingerprint density at radius 2 is 2.21 bits per heavy atom. The highest BCUT2D eigenvalue weighted by Gasteiger charge is 2.11. The van der Waals surface area contributed by atoms with Crippen LogP contribution in [0.25, 0.3) is 0 Å². The molecule has 0 bridgehead atoms. The Bertz CT molecular complexity index is 360. The maximum absolute atomic E-state index is 13.0. The van der Waals surface area contributed by atoms with Crippen LogP contribution in [0.4, 0.5) is 8.78 Å². The van der Waals surface area contributed by atoms with E-state index in [9.17, 15) is 8.78 Å². The zero-order valence-electron chi connectivity index (χ0n) is 7.63. The zero-order chi connectivity index (χ0) is 10.6. The molecule has 1 aromatic rings. The van der Waals surface area contributed by atoms with Gasteiger partial charge in [0.25, 0.3) is 0 Å². The van der Waals surface area contributed by atoms with Gasteiger partial charge in [0.05, 0.1) is 12.5 Å². The minimum absolute atomic E-state index is 0.135. The summed E-state index contributed by atoms with van der Waals surface area (Å²) in [6.45, 7) is 1.62. The maximum Gasteiger partial charge on any atom is 0.200 e. The smallest absolute Gasteiger partial charge is 0.200 e. The number of rotatable bonds is 3. The third-order valence-corrected chi connectivity index (χ3v) is 1.62. The summed E-state index contributed by atoms with van der Waals surface area (Å²) in [5, 5.41) is 8.34. The fourth-order valence-electron chi connectivity index (χ4n) is 0.962. The van der Waals surface area contributed by atoms with Crippen LogP contribution in [0.15, 0.2) is 18.2 Å². The molecule has 0 saturated heterocycles. The second-order valence-electron chi connectivity index (χ2n) is 2.84. The molecule has 0 radical (unpaired) electrons. The quantitative estimate of drug-likeness (QED) is 0.746. The lowest BCUT2D eigenvalue weighted by Crippen LogP contribution is -2.11. The number of hydrogen-bond acceptors (Lipinski definition) is 2. The van der Waals surface area contributed by atoms with E-state index in [1.54, 1.807) is 6.92 Å². The molecule has 1 rings (SSSR count). The predicted molar refractivity (Wildman–Crippen MR) is 46.7 cm³/mol. The highest BCUT2D eigenvalue weighted by molar-refractivity contribution is 5.25. The van der Waals surface area contributed by atoms with Crippen molar-refractivity contribution in [2.24, 2.45) is 0 Å². The van der Waals surface area contributed by atoms with Gasteiger partial charge in [0.15, 0.2) is 11.6 Å². The van der Waals surface area contributed by atoms with Crippen LogP contribution in [0.1, 0.15) is 13.3 Å². The van der Waals surface area contributed by atoms with E-state index in [0.29, 0.717) is 0 Å². The lowest BCUT2D eigenvalue weighted by molar-refractivity contribution is 0.214. The van der Waals surface area contributed by atoms with Gasteiger partial charge in [-0.15, -0.1) is 0 Å². The standard InChI is InChI=1S/C10H9F2NO/c1-7(5-6-13)14-9-4-2-3-8(11)10(9)12/h2-4,7H,5H2,1H3. The van der Waals surface area contributed by atoms with E-state index < -0.39 is 17.7 Å². The molecule has 0 fully saturated rings. The van der Waals surface area contributed by atoms with E-state index in [2.05, 4.69) is 0 Å². The lowest BCUT2D eigenvalue weighted by Gasteiger charge is -2.11.